The van der Waals surface area contributed by atoms with E-state index in [1.807, 2.05) is 0 Å². The first-order valence-corrected chi connectivity index (χ1v) is 9.85. The van der Waals surface area contributed by atoms with E-state index in [0.717, 1.165) is 25.1 Å². The number of nitrogens with zero attached hydrogens (tertiary/aromatic N) is 1. The Morgan fingerprint density at radius 2 is 1.43 bits per heavy atom. The van der Waals surface area contributed by atoms with Crippen molar-refractivity contribution in [2.45, 2.75) is 12.8 Å². The van der Waals surface area contributed by atoms with E-state index in [9.17, 15) is 0 Å². The quantitative estimate of drug-likeness (QED) is 0.493. The van der Waals surface area contributed by atoms with Crippen LogP contribution in [0.1, 0.15) is 16.7 Å². The van der Waals surface area contributed by atoms with Crippen molar-refractivity contribution in [3.05, 3.63) is 108 Å². The van der Waals surface area contributed by atoms with Crippen LogP contribution in [0.15, 0.2) is 91.0 Å². The summed E-state index contributed by atoms with van der Waals surface area (Å²) in [6.07, 6.45) is 4.20. The molecule has 0 heterocycles. The molecule has 2 heteroatoms. The van der Waals surface area contributed by atoms with Gasteiger partial charge in [0.2, 0.25) is 0 Å². The molecule has 3 aromatic rings. The Morgan fingerprint density at radius 3 is 2.07 bits per heavy atom. The van der Waals surface area contributed by atoms with Gasteiger partial charge in [-0.3, -0.25) is 0 Å². The van der Waals surface area contributed by atoms with Gasteiger partial charge < -0.3 is 9.64 Å². The molecule has 0 fully saturated rings. The molecule has 0 bridgehead atoms. The highest BCUT2D eigenvalue weighted by molar-refractivity contribution is 5.68. The van der Waals surface area contributed by atoms with Gasteiger partial charge >= 0.3 is 0 Å². The van der Waals surface area contributed by atoms with Gasteiger partial charge in [0.05, 0.1) is 0 Å². The van der Waals surface area contributed by atoms with Crippen molar-refractivity contribution >= 4 is 5.57 Å². The van der Waals surface area contributed by atoms with E-state index in [4.69, 9.17) is 4.74 Å². The van der Waals surface area contributed by atoms with Gasteiger partial charge in [0.25, 0.3) is 0 Å². The topological polar surface area (TPSA) is 12.5 Å². The molecule has 3 aromatic carbocycles. The van der Waals surface area contributed by atoms with Crippen LogP contribution in [-0.4, -0.2) is 32.1 Å². The molecule has 0 unspecified atom stereocenters. The van der Waals surface area contributed by atoms with E-state index >= 15 is 0 Å². The van der Waals surface area contributed by atoms with E-state index in [1.165, 1.54) is 22.3 Å². The Labute approximate surface area is 169 Å². The Balaban J connectivity index is 1.69. The zero-order valence-electron chi connectivity index (χ0n) is 16.8. The van der Waals surface area contributed by atoms with Crippen LogP contribution in [0.25, 0.3) is 5.57 Å². The maximum absolute atomic E-state index is 5.79. The summed E-state index contributed by atoms with van der Waals surface area (Å²) in [6.45, 7) is 1.63. The minimum atomic E-state index is 0.710. The lowest BCUT2D eigenvalue weighted by Crippen LogP contribution is -2.19. The van der Waals surface area contributed by atoms with Crippen LogP contribution < -0.4 is 4.74 Å². The maximum Gasteiger partial charge on any atom is 0.119 e. The second kappa shape index (κ2) is 10.5. The minimum absolute atomic E-state index is 0.710. The van der Waals surface area contributed by atoms with Gasteiger partial charge in [-0.15, -0.1) is 0 Å². The molecule has 0 spiro atoms. The average Bonchev–Trinajstić information content (AvgIpc) is 2.73. The Bertz CT molecular complexity index is 852. The first-order chi connectivity index (χ1) is 13.7. The van der Waals surface area contributed by atoms with E-state index in [1.54, 1.807) is 0 Å². The molecule has 0 radical (unpaired) electrons. The fraction of sp³-hybridized carbons (Fsp3) is 0.231. The maximum atomic E-state index is 5.79. The summed E-state index contributed by atoms with van der Waals surface area (Å²) in [5.41, 5.74) is 5.27. The van der Waals surface area contributed by atoms with Crippen LogP contribution in [0.2, 0.25) is 0 Å². The van der Waals surface area contributed by atoms with E-state index < -0.39 is 0 Å². The summed E-state index contributed by atoms with van der Waals surface area (Å²) in [5.74, 6) is 0.933. The SMILES string of the molecule is CN(C)CCOc1ccc(CC=C(Cc2ccccc2)c2ccccc2)cc1. The van der Waals surface area contributed by atoms with Gasteiger partial charge in [-0.2, -0.15) is 0 Å². The third-order valence-electron chi connectivity index (χ3n) is 4.70. The number of hydrogen-bond donors (Lipinski definition) is 0. The summed E-state index contributed by atoms with van der Waals surface area (Å²) in [4.78, 5) is 2.12. The van der Waals surface area contributed by atoms with Crippen molar-refractivity contribution in [1.29, 1.82) is 0 Å². The molecule has 3 rings (SSSR count). The standard InChI is InChI=1S/C26H29NO/c1-27(2)19-20-28-26-17-14-22(15-18-26)13-16-25(24-11-7-4-8-12-24)21-23-9-5-3-6-10-23/h3-12,14-18H,13,19-21H2,1-2H3. The molecular formula is C26H29NO. The summed E-state index contributed by atoms with van der Waals surface area (Å²) < 4.78 is 5.79. The minimum Gasteiger partial charge on any atom is -0.492 e. The highest BCUT2D eigenvalue weighted by Crippen LogP contribution is 2.21. The van der Waals surface area contributed by atoms with Crippen LogP contribution in [0.5, 0.6) is 5.75 Å². The molecule has 144 valence electrons. The summed E-state index contributed by atoms with van der Waals surface area (Å²) >= 11 is 0. The number of rotatable bonds is 9. The van der Waals surface area contributed by atoms with Crippen LogP contribution in [0, 0.1) is 0 Å². The molecule has 0 aliphatic heterocycles. The first-order valence-electron chi connectivity index (χ1n) is 9.85. The number of benzene rings is 3. The van der Waals surface area contributed by atoms with E-state index in [-0.39, 0.29) is 0 Å². The third kappa shape index (κ3) is 6.40. The fourth-order valence-electron chi connectivity index (χ4n) is 3.07. The Morgan fingerprint density at radius 1 is 0.786 bits per heavy atom. The largest absolute Gasteiger partial charge is 0.492 e. The molecule has 0 aliphatic rings. The average molecular weight is 372 g/mol. The normalized spacial score (nSPS) is 11.6. The summed E-state index contributed by atoms with van der Waals surface area (Å²) in [5, 5.41) is 0. The molecule has 0 atom stereocenters. The zero-order valence-corrected chi connectivity index (χ0v) is 16.8. The predicted octanol–water partition coefficient (Wildman–Crippen LogP) is 5.50. The van der Waals surface area contributed by atoms with Gasteiger partial charge in [0.1, 0.15) is 12.4 Å². The zero-order chi connectivity index (χ0) is 19.6. The lowest BCUT2D eigenvalue weighted by atomic mass is 9.96. The molecule has 0 aromatic heterocycles. The second-order valence-corrected chi connectivity index (χ2v) is 7.26. The van der Waals surface area contributed by atoms with Crippen LogP contribution in [0.4, 0.5) is 0 Å². The first kappa shape index (κ1) is 19.9. The highest BCUT2D eigenvalue weighted by Gasteiger charge is 2.04. The van der Waals surface area contributed by atoms with Crippen molar-refractivity contribution in [3.63, 3.8) is 0 Å². The third-order valence-corrected chi connectivity index (χ3v) is 4.70. The lowest BCUT2D eigenvalue weighted by Gasteiger charge is -2.11. The van der Waals surface area contributed by atoms with Crippen molar-refractivity contribution in [2.75, 3.05) is 27.2 Å². The molecule has 0 aliphatic carbocycles. The highest BCUT2D eigenvalue weighted by atomic mass is 16.5. The van der Waals surface area contributed by atoms with Crippen LogP contribution >= 0.6 is 0 Å². The van der Waals surface area contributed by atoms with Crippen molar-refractivity contribution in [1.82, 2.24) is 4.90 Å². The molecule has 0 saturated heterocycles. The molecular weight excluding hydrogens is 342 g/mol. The van der Waals surface area contributed by atoms with Crippen LogP contribution in [0.3, 0.4) is 0 Å². The van der Waals surface area contributed by atoms with Gasteiger partial charge in [-0.1, -0.05) is 78.9 Å². The van der Waals surface area contributed by atoms with Gasteiger partial charge in [-0.05, 0) is 61.3 Å². The molecule has 0 N–H and O–H groups in total. The van der Waals surface area contributed by atoms with Gasteiger partial charge in [0, 0.05) is 6.54 Å². The van der Waals surface area contributed by atoms with Crippen molar-refractivity contribution in [3.8, 4) is 5.75 Å². The van der Waals surface area contributed by atoms with Gasteiger partial charge in [-0.25, -0.2) is 0 Å². The Hall–Kier alpha value is -2.84. The lowest BCUT2D eigenvalue weighted by molar-refractivity contribution is 0.261. The van der Waals surface area contributed by atoms with Crippen molar-refractivity contribution in [2.24, 2.45) is 0 Å². The molecule has 2 nitrogen and oxygen atoms in total. The molecule has 0 saturated carbocycles. The number of hydrogen-bond acceptors (Lipinski definition) is 2. The smallest absolute Gasteiger partial charge is 0.119 e. The number of likely N-dealkylation sites (N-methyl/N-ethyl adjacent to an activating group) is 1. The molecule has 28 heavy (non-hydrogen) atoms. The fourth-order valence-corrected chi connectivity index (χ4v) is 3.07. The van der Waals surface area contributed by atoms with Crippen LogP contribution in [-0.2, 0) is 12.8 Å². The monoisotopic (exact) mass is 371 g/mol. The van der Waals surface area contributed by atoms with E-state index in [0.29, 0.717) is 6.61 Å². The number of ether oxygens (including phenoxy) is 1. The summed E-state index contributed by atoms with van der Waals surface area (Å²) in [6, 6.07) is 29.8. The van der Waals surface area contributed by atoms with Crippen molar-refractivity contribution < 1.29 is 4.74 Å². The number of allylic oxidation sites excluding steroid dienone is 2. The predicted molar refractivity (Wildman–Crippen MR) is 119 cm³/mol. The summed E-state index contributed by atoms with van der Waals surface area (Å²) in [7, 11) is 4.11. The second-order valence-electron chi connectivity index (χ2n) is 7.26. The Kier molecular flexibility index (Phi) is 7.45. The van der Waals surface area contributed by atoms with E-state index in [2.05, 4.69) is 110 Å². The molecule has 0 amide bonds. The van der Waals surface area contributed by atoms with Gasteiger partial charge in [0.15, 0.2) is 0 Å².